The lowest BCUT2D eigenvalue weighted by atomic mass is 10.0. The van der Waals surface area contributed by atoms with E-state index in [1.165, 1.54) is 10.4 Å². The van der Waals surface area contributed by atoms with Gasteiger partial charge >= 0.3 is 6.03 Å². The van der Waals surface area contributed by atoms with Crippen LogP contribution in [0.3, 0.4) is 0 Å². The van der Waals surface area contributed by atoms with Crippen LogP contribution in [-0.4, -0.2) is 61.8 Å². The van der Waals surface area contributed by atoms with Crippen molar-refractivity contribution < 1.29 is 18.0 Å². The molecule has 3 N–H and O–H groups in total. The Morgan fingerprint density at radius 2 is 1.88 bits per heavy atom. The molecule has 26 heavy (non-hydrogen) atoms. The number of primary amides is 1. The lowest BCUT2D eigenvalue weighted by molar-refractivity contribution is -0.134. The third kappa shape index (κ3) is 5.09. The van der Waals surface area contributed by atoms with Crippen LogP contribution in [0.4, 0.5) is 4.79 Å². The zero-order valence-corrected chi connectivity index (χ0v) is 17.0. The highest BCUT2D eigenvalue weighted by Gasteiger charge is 2.33. The molecular formula is C15H23ClN4O4S2. The second kappa shape index (κ2) is 8.55. The Morgan fingerprint density at radius 3 is 2.35 bits per heavy atom. The van der Waals surface area contributed by atoms with Crippen molar-refractivity contribution in [2.45, 2.75) is 30.5 Å². The van der Waals surface area contributed by atoms with E-state index in [4.69, 9.17) is 17.3 Å². The molecule has 0 aliphatic carbocycles. The topological polar surface area (TPSA) is 113 Å². The van der Waals surface area contributed by atoms with Gasteiger partial charge in [-0.3, -0.25) is 4.79 Å². The molecular weight excluding hydrogens is 400 g/mol. The summed E-state index contributed by atoms with van der Waals surface area (Å²) in [6.45, 7) is 4.78. The molecule has 1 aromatic heterocycles. The summed E-state index contributed by atoms with van der Waals surface area (Å²) in [5.74, 6) is -0.0465. The van der Waals surface area contributed by atoms with E-state index in [2.05, 4.69) is 5.32 Å². The van der Waals surface area contributed by atoms with Gasteiger partial charge in [-0.05, 0) is 24.5 Å². The summed E-state index contributed by atoms with van der Waals surface area (Å²) in [4.78, 5) is 25.4. The van der Waals surface area contributed by atoms with Crippen LogP contribution >= 0.6 is 22.9 Å². The fraction of sp³-hybridized carbons (Fsp3) is 0.600. The number of carbonyl (C=O) groups excluding carboxylic acids is 2. The predicted molar refractivity (Wildman–Crippen MR) is 101 cm³/mol. The fourth-order valence-electron chi connectivity index (χ4n) is 2.80. The van der Waals surface area contributed by atoms with Crippen LogP contribution in [0.5, 0.6) is 0 Å². The van der Waals surface area contributed by atoms with Gasteiger partial charge in [0.05, 0.1) is 4.34 Å². The van der Waals surface area contributed by atoms with Crippen molar-refractivity contribution in [3.05, 3.63) is 16.5 Å². The Balaban J connectivity index is 2.02. The lowest BCUT2D eigenvalue weighted by Crippen LogP contribution is -2.56. The molecule has 0 aromatic carbocycles. The molecule has 0 spiro atoms. The molecule has 1 aliphatic heterocycles. The summed E-state index contributed by atoms with van der Waals surface area (Å²) in [7, 11) is -3.61. The molecule has 1 atom stereocenters. The minimum atomic E-state index is -3.61. The Morgan fingerprint density at radius 1 is 1.27 bits per heavy atom. The highest BCUT2D eigenvalue weighted by molar-refractivity contribution is 7.91. The van der Waals surface area contributed by atoms with Gasteiger partial charge in [-0.1, -0.05) is 25.4 Å². The fourth-order valence-corrected chi connectivity index (χ4v) is 5.86. The number of hydrogen-bond acceptors (Lipinski definition) is 5. The van der Waals surface area contributed by atoms with Crippen molar-refractivity contribution in [2.75, 3.05) is 26.2 Å². The molecule has 1 fully saturated rings. The van der Waals surface area contributed by atoms with Crippen molar-refractivity contribution in [1.29, 1.82) is 0 Å². The number of rotatable bonds is 6. The third-order valence-corrected chi connectivity index (χ3v) is 7.61. The van der Waals surface area contributed by atoms with E-state index in [-0.39, 0.29) is 42.2 Å². The molecule has 146 valence electrons. The smallest absolute Gasteiger partial charge is 0.312 e. The molecule has 0 saturated carbocycles. The maximum atomic E-state index is 12.7. The molecule has 8 nitrogen and oxygen atoms in total. The van der Waals surface area contributed by atoms with Gasteiger partial charge in [0.1, 0.15) is 10.3 Å². The Kier molecular flexibility index (Phi) is 6.89. The number of amides is 3. The van der Waals surface area contributed by atoms with Gasteiger partial charge in [-0.25, -0.2) is 13.2 Å². The van der Waals surface area contributed by atoms with Crippen LogP contribution in [0.1, 0.15) is 20.3 Å². The van der Waals surface area contributed by atoms with E-state index in [0.717, 1.165) is 11.3 Å². The van der Waals surface area contributed by atoms with Gasteiger partial charge in [-0.15, -0.1) is 11.3 Å². The maximum Gasteiger partial charge on any atom is 0.312 e. The number of nitrogens with zero attached hydrogens (tertiary/aromatic N) is 2. The third-order valence-electron chi connectivity index (χ3n) is 4.01. The van der Waals surface area contributed by atoms with Crippen molar-refractivity contribution >= 4 is 44.9 Å². The number of carbonyl (C=O) groups is 2. The second-order valence-electron chi connectivity index (χ2n) is 6.48. The average Bonchev–Trinajstić information content (AvgIpc) is 3.00. The number of urea groups is 1. The van der Waals surface area contributed by atoms with E-state index >= 15 is 0 Å². The summed E-state index contributed by atoms with van der Waals surface area (Å²) in [5.41, 5.74) is 5.16. The molecule has 3 amide bonds. The number of sulfonamides is 1. The van der Waals surface area contributed by atoms with Gasteiger partial charge in [0.2, 0.25) is 5.91 Å². The van der Waals surface area contributed by atoms with Crippen LogP contribution in [0, 0.1) is 5.92 Å². The van der Waals surface area contributed by atoms with Gasteiger partial charge in [-0.2, -0.15) is 4.31 Å². The second-order valence-corrected chi connectivity index (χ2v) is 10.4. The first-order valence-electron chi connectivity index (χ1n) is 8.21. The highest BCUT2D eigenvalue weighted by atomic mass is 35.5. The van der Waals surface area contributed by atoms with Crippen LogP contribution in [0.25, 0.3) is 0 Å². The molecule has 0 unspecified atom stereocenters. The Bertz CT molecular complexity index is 757. The van der Waals surface area contributed by atoms with Crippen LogP contribution in [0.2, 0.25) is 4.34 Å². The Labute approximate surface area is 162 Å². The van der Waals surface area contributed by atoms with E-state index in [1.54, 1.807) is 11.0 Å². The van der Waals surface area contributed by atoms with Gasteiger partial charge in [0, 0.05) is 26.2 Å². The molecule has 2 heterocycles. The molecule has 1 aliphatic rings. The lowest BCUT2D eigenvalue weighted by Gasteiger charge is -2.35. The van der Waals surface area contributed by atoms with Crippen molar-refractivity contribution in [1.82, 2.24) is 14.5 Å². The first-order valence-corrected chi connectivity index (χ1v) is 10.8. The van der Waals surface area contributed by atoms with E-state index in [9.17, 15) is 18.0 Å². The normalized spacial score (nSPS) is 17.3. The number of piperazine rings is 1. The van der Waals surface area contributed by atoms with Crippen molar-refractivity contribution in [3.63, 3.8) is 0 Å². The monoisotopic (exact) mass is 422 g/mol. The van der Waals surface area contributed by atoms with Crippen LogP contribution in [0.15, 0.2) is 16.3 Å². The zero-order valence-electron chi connectivity index (χ0n) is 14.6. The highest BCUT2D eigenvalue weighted by Crippen LogP contribution is 2.28. The SMILES string of the molecule is CC(C)C[C@@H](NC(N)=O)C(=O)N1CCN(S(=O)(=O)c2ccc(Cl)s2)CC1. The number of thiophene rings is 1. The average molecular weight is 423 g/mol. The van der Waals surface area contributed by atoms with Gasteiger partial charge in [0.15, 0.2) is 0 Å². The van der Waals surface area contributed by atoms with Gasteiger partial charge in [0.25, 0.3) is 10.0 Å². The number of hydrogen-bond donors (Lipinski definition) is 2. The molecule has 11 heteroatoms. The van der Waals surface area contributed by atoms with E-state index < -0.39 is 22.1 Å². The van der Waals surface area contributed by atoms with Crippen LogP contribution in [-0.2, 0) is 14.8 Å². The summed E-state index contributed by atoms with van der Waals surface area (Å²) in [6.07, 6.45) is 0.466. The van der Waals surface area contributed by atoms with Crippen molar-refractivity contribution in [3.8, 4) is 0 Å². The first-order chi connectivity index (χ1) is 12.1. The molecule has 2 rings (SSSR count). The Hall–Kier alpha value is -1.36. The summed E-state index contributed by atoms with van der Waals surface area (Å²) < 4.78 is 27.1. The molecule has 0 radical (unpaired) electrons. The van der Waals surface area contributed by atoms with E-state index in [0.29, 0.717) is 10.8 Å². The number of nitrogens with one attached hydrogen (secondary N) is 1. The summed E-state index contributed by atoms with van der Waals surface area (Å²) >= 11 is 6.83. The molecule has 1 saturated heterocycles. The standard InChI is InChI=1S/C15H23ClN4O4S2/c1-10(2)9-11(18-15(17)22)14(21)19-5-7-20(8-6-19)26(23,24)13-4-3-12(16)25-13/h3-4,10-11H,5-9H2,1-2H3,(H3,17,18,22)/t11-/m1/s1. The van der Waals surface area contributed by atoms with Crippen molar-refractivity contribution in [2.24, 2.45) is 11.7 Å². The minimum Gasteiger partial charge on any atom is -0.352 e. The summed E-state index contributed by atoms with van der Waals surface area (Å²) in [6, 6.07) is 1.58. The minimum absolute atomic E-state index is 0.189. The largest absolute Gasteiger partial charge is 0.352 e. The predicted octanol–water partition coefficient (Wildman–Crippen LogP) is 1.32. The van der Waals surface area contributed by atoms with E-state index in [1.807, 2.05) is 13.8 Å². The van der Waals surface area contributed by atoms with Gasteiger partial charge < -0.3 is 16.0 Å². The zero-order chi connectivity index (χ0) is 19.5. The number of halogens is 1. The first kappa shape index (κ1) is 20.9. The quantitative estimate of drug-likeness (QED) is 0.719. The summed E-state index contributed by atoms with van der Waals surface area (Å²) in [5, 5.41) is 2.48. The molecule has 1 aromatic rings. The number of nitrogens with two attached hydrogens (primary N) is 1. The molecule has 0 bridgehead atoms. The maximum absolute atomic E-state index is 12.7. The van der Waals surface area contributed by atoms with Crippen LogP contribution < -0.4 is 11.1 Å².